The number of ether oxygens (including phenoxy) is 2. The highest BCUT2D eigenvalue weighted by molar-refractivity contribution is 5.38. The molecular formula is C14H21NO2. The fourth-order valence-electron chi connectivity index (χ4n) is 2.10. The normalized spacial score (nSPS) is 19.0. The van der Waals surface area contributed by atoms with E-state index in [-0.39, 0.29) is 12.1 Å². The van der Waals surface area contributed by atoms with Crippen LogP contribution in [0.1, 0.15) is 36.9 Å². The SMILES string of the molecule is Cc1ccc(OC2CCOCC2)c([C@@H](C)N)c1. The molecule has 1 fully saturated rings. The number of nitrogens with two attached hydrogens (primary N) is 1. The summed E-state index contributed by atoms with van der Waals surface area (Å²) in [5, 5.41) is 0. The Kier molecular flexibility index (Phi) is 4.02. The molecule has 17 heavy (non-hydrogen) atoms. The van der Waals surface area contributed by atoms with Gasteiger partial charge in [-0.3, -0.25) is 0 Å². The van der Waals surface area contributed by atoms with Gasteiger partial charge in [0.05, 0.1) is 13.2 Å². The first kappa shape index (κ1) is 12.4. The second-order valence-electron chi connectivity index (χ2n) is 4.76. The second kappa shape index (κ2) is 5.52. The average molecular weight is 235 g/mol. The summed E-state index contributed by atoms with van der Waals surface area (Å²) in [4.78, 5) is 0. The van der Waals surface area contributed by atoms with Gasteiger partial charge < -0.3 is 15.2 Å². The lowest BCUT2D eigenvalue weighted by atomic mass is 10.0. The Labute approximate surface area is 103 Å². The number of hydrogen-bond donors (Lipinski definition) is 1. The minimum Gasteiger partial charge on any atom is -0.490 e. The van der Waals surface area contributed by atoms with Gasteiger partial charge >= 0.3 is 0 Å². The van der Waals surface area contributed by atoms with E-state index < -0.39 is 0 Å². The Balaban J connectivity index is 2.13. The number of benzene rings is 1. The third-order valence-corrected chi connectivity index (χ3v) is 3.12. The first-order chi connectivity index (χ1) is 8.16. The van der Waals surface area contributed by atoms with Crippen LogP contribution in [0.3, 0.4) is 0 Å². The van der Waals surface area contributed by atoms with E-state index >= 15 is 0 Å². The third-order valence-electron chi connectivity index (χ3n) is 3.12. The van der Waals surface area contributed by atoms with Crippen molar-refractivity contribution in [1.29, 1.82) is 0 Å². The zero-order valence-electron chi connectivity index (χ0n) is 10.6. The van der Waals surface area contributed by atoms with Crippen molar-refractivity contribution in [2.45, 2.75) is 38.8 Å². The van der Waals surface area contributed by atoms with E-state index in [9.17, 15) is 0 Å². The largest absolute Gasteiger partial charge is 0.490 e. The molecule has 1 aromatic carbocycles. The summed E-state index contributed by atoms with van der Waals surface area (Å²) in [6, 6.07) is 6.22. The Morgan fingerprint density at radius 1 is 1.35 bits per heavy atom. The van der Waals surface area contributed by atoms with Crippen LogP contribution in [-0.4, -0.2) is 19.3 Å². The topological polar surface area (TPSA) is 44.5 Å². The molecule has 2 rings (SSSR count). The van der Waals surface area contributed by atoms with E-state index in [1.165, 1.54) is 5.56 Å². The van der Waals surface area contributed by atoms with Crippen molar-refractivity contribution in [1.82, 2.24) is 0 Å². The van der Waals surface area contributed by atoms with Gasteiger partial charge in [-0.1, -0.05) is 17.7 Å². The van der Waals surface area contributed by atoms with Gasteiger partial charge in [-0.2, -0.15) is 0 Å². The second-order valence-corrected chi connectivity index (χ2v) is 4.76. The summed E-state index contributed by atoms with van der Waals surface area (Å²) in [5.41, 5.74) is 8.30. The van der Waals surface area contributed by atoms with Crippen LogP contribution >= 0.6 is 0 Å². The van der Waals surface area contributed by atoms with E-state index in [4.69, 9.17) is 15.2 Å². The molecule has 0 saturated carbocycles. The lowest BCUT2D eigenvalue weighted by Gasteiger charge is -2.25. The van der Waals surface area contributed by atoms with Gasteiger partial charge in [0, 0.05) is 24.4 Å². The van der Waals surface area contributed by atoms with Gasteiger partial charge in [0.1, 0.15) is 11.9 Å². The number of rotatable bonds is 3. The van der Waals surface area contributed by atoms with Crippen LogP contribution in [-0.2, 0) is 4.74 Å². The van der Waals surface area contributed by atoms with Gasteiger partial charge in [0.25, 0.3) is 0 Å². The molecule has 0 bridgehead atoms. The average Bonchev–Trinajstić information content (AvgIpc) is 2.32. The molecule has 94 valence electrons. The third kappa shape index (κ3) is 3.20. The molecule has 1 aliphatic heterocycles. The van der Waals surface area contributed by atoms with Crippen LogP contribution in [0, 0.1) is 6.92 Å². The molecule has 3 heteroatoms. The summed E-state index contributed by atoms with van der Waals surface area (Å²) in [6.45, 7) is 5.66. The van der Waals surface area contributed by atoms with Crippen molar-refractivity contribution in [3.05, 3.63) is 29.3 Å². The summed E-state index contributed by atoms with van der Waals surface area (Å²) in [5.74, 6) is 0.928. The van der Waals surface area contributed by atoms with Crippen molar-refractivity contribution >= 4 is 0 Å². The zero-order chi connectivity index (χ0) is 12.3. The lowest BCUT2D eigenvalue weighted by molar-refractivity contribution is 0.0251. The highest BCUT2D eigenvalue weighted by atomic mass is 16.5. The molecule has 1 atom stereocenters. The van der Waals surface area contributed by atoms with Crippen molar-refractivity contribution in [3.63, 3.8) is 0 Å². The monoisotopic (exact) mass is 235 g/mol. The fourth-order valence-corrected chi connectivity index (χ4v) is 2.10. The maximum absolute atomic E-state index is 6.04. The van der Waals surface area contributed by atoms with E-state index in [1.54, 1.807) is 0 Å². The molecule has 2 N–H and O–H groups in total. The van der Waals surface area contributed by atoms with Gasteiger partial charge in [-0.25, -0.2) is 0 Å². The molecule has 1 saturated heterocycles. The number of aryl methyl sites for hydroxylation is 1. The predicted octanol–water partition coefficient (Wildman–Crippen LogP) is 2.57. The summed E-state index contributed by atoms with van der Waals surface area (Å²) in [7, 11) is 0. The van der Waals surface area contributed by atoms with Crippen LogP contribution in [0.5, 0.6) is 5.75 Å². The Morgan fingerprint density at radius 3 is 2.71 bits per heavy atom. The molecule has 3 nitrogen and oxygen atoms in total. The maximum Gasteiger partial charge on any atom is 0.124 e. The van der Waals surface area contributed by atoms with E-state index in [0.717, 1.165) is 37.4 Å². The van der Waals surface area contributed by atoms with Gasteiger partial charge in [-0.15, -0.1) is 0 Å². The predicted molar refractivity (Wildman–Crippen MR) is 68.3 cm³/mol. The minimum absolute atomic E-state index is 0.00439. The standard InChI is InChI=1S/C14H21NO2/c1-10-3-4-14(13(9-10)11(2)15)17-12-5-7-16-8-6-12/h3-4,9,11-12H,5-8,15H2,1-2H3/t11-/m1/s1. The molecule has 1 aliphatic rings. The van der Waals surface area contributed by atoms with E-state index in [0.29, 0.717) is 0 Å². The molecule has 0 amide bonds. The van der Waals surface area contributed by atoms with Crippen molar-refractivity contribution < 1.29 is 9.47 Å². The number of hydrogen-bond acceptors (Lipinski definition) is 3. The van der Waals surface area contributed by atoms with Crippen molar-refractivity contribution in [3.8, 4) is 5.75 Å². The molecule has 1 aromatic rings. The van der Waals surface area contributed by atoms with Crippen LogP contribution < -0.4 is 10.5 Å². The maximum atomic E-state index is 6.04. The van der Waals surface area contributed by atoms with Crippen molar-refractivity contribution in [2.24, 2.45) is 5.73 Å². The smallest absolute Gasteiger partial charge is 0.124 e. The quantitative estimate of drug-likeness (QED) is 0.875. The highest BCUT2D eigenvalue weighted by Gasteiger charge is 2.17. The lowest BCUT2D eigenvalue weighted by Crippen LogP contribution is -2.26. The van der Waals surface area contributed by atoms with E-state index in [1.807, 2.05) is 13.0 Å². The zero-order valence-corrected chi connectivity index (χ0v) is 10.6. The summed E-state index contributed by atoms with van der Waals surface area (Å²) >= 11 is 0. The Morgan fingerprint density at radius 2 is 2.06 bits per heavy atom. The Hall–Kier alpha value is -1.06. The molecular weight excluding hydrogens is 214 g/mol. The summed E-state index contributed by atoms with van der Waals surface area (Å²) in [6.07, 6.45) is 2.20. The van der Waals surface area contributed by atoms with Gasteiger partial charge in [0.15, 0.2) is 0 Å². The first-order valence-electron chi connectivity index (χ1n) is 6.27. The molecule has 0 spiro atoms. The minimum atomic E-state index is 0.00439. The van der Waals surface area contributed by atoms with Gasteiger partial charge in [-0.05, 0) is 19.9 Å². The van der Waals surface area contributed by atoms with Crippen LogP contribution in [0.25, 0.3) is 0 Å². The molecule has 1 heterocycles. The van der Waals surface area contributed by atoms with Gasteiger partial charge in [0.2, 0.25) is 0 Å². The molecule has 0 unspecified atom stereocenters. The molecule has 0 radical (unpaired) electrons. The molecule has 0 aliphatic carbocycles. The summed E-state index contributed by atoms with van der Waals surface area (Å²) < 4.78 is 11.4. The Bertz CT molecular complexity index is 370. The highest BCUT2D eigenvalue weighted by Crippen LogP contribution is 2.27. The first-order valence-corrected chi connectivity index (χ1v) is 6.27. The van der Waals surface area contributed by atoms with Crippen LogP contribution in [0.15, 0.2) is 18.2 Å². The van der Waals surface area contributed by atoms with Crippen LogP contribution in [0.2, 0.25) is 0 Å². The van der Waals surface area contributed by atoms with E-state index in [2.05, 4.69) is 19.1 Å². The fraction of sp³-hybridized carbons (Fsp3) is 0.571. The molecule has 0 aromatic heterocycles. The van der Waals surface area contributed by atoms with Crippen LogP contribution in [0.4, 0.5) is 0 Å². The van der Waals surface area contributed by atoms with Crippen molar-refractivity contribution in [2.75, 3.05) is 13.2 Å².